The SMILES string of the molecule is COC[C@@H](c1ccnn1C)n1cnc2c(C)csc2c1=O. The molecule has 0 aromatic carbocycles. The molecular weight excluding hydrogens is 288 g/mol. The van der Waals surface area contributed by atoms with Gasteiger partial charge >= 0.3 is 0 Å². The molecule has 0 aliphatic carbocycles. The maximum atomic E-state index is 12.7. The molecule has 0 aliphatic rings. The van der Waals surface area contributed by atoms with Crippen molar-refractivity contribution in [1.29, 1.82) is 0 Å². The Labute approximate surface area is 125 Å². The molecule has 0 fully saturated rings. The van der Waals surface area contributed by atoms with Crippen molar-refractivity contribution >= 4 is 21.6 Å². The standard InChI is InChI=1S/C14H16N4O2S/c1-9-7-21-13-12(9)15-8-18(14(13)19)11(6-20-3)10-4-5-16-17(10)2/h4-5,7-8,11H,6H2,1-3H3/t11-/m0/s1. The first-order valence-electron chi connectivity index (χ1n) is 6.55. The molecule has 0 unspecified atom stereocenters. The van der Waals surface area contributed by atoms with Crippen molar-refractivity contribution in [1.82, 2.24) is 19.3 Å². The molecule has 110 valence electrons. The van der Waals surface area contributed by atoms with Gasteiger partial charge in [-0.2, -0.15) is 5.10 Å². The predicted octanol–water partition coefficient (Wildman–Crippen LogP) is 1.74. The van der Waals surface area contributed by atoms with Gasteiger partial charge in [0.1, 0.15) is 10.7 Å². The Morgan fingerprint density at radius 2 is 2.29 bits per heavy atom. The lowest BCUT2D eigenvalue weighted by Crippen LogP contribution is -2.29. The van der Waals surface area contributed by atoms with E-state index in [9.17, 15) is 4.79 Å². The van der Waals surface area contributed by atoms with E-state index in [0.29, 0.717) is 11.3 Å². The largest absolute Gasteiger partial charge is 0.382 e. The lowest BCUT2D eigenvalue weighted by molar-refractivity contribution is 0.164. The summed E-state index contributed by atoms with van der Waals surface area (Å²) in [6.07, 6.45) is 3.31. The van der Waals surface area contributed by atoms with Crippen LogP contribution in [0.25, 0.3) is 10.2 Å². The smallest absolute Gasteiger partial charge is 0.272 e. The van der Waals surface area contributed by atoms with E-state index in [1.807, 2.05) is 25.4 Å². The minimum atomic E-state index is -0.241. The zero-order chi connectivity index (χ0) is 15.0. The second-order valence-corrected chi connectivity index (χ2v) is 5.78. The van der Waals surface area contributed by atoms with Gasteiger partial charge in [-0.05, 0) is 23.9 Å². The summed E-state index contributed by atoms with van der Waals surface area (Å²) < 4.78 is 9.34. The van der Waals surface area contributed by atoms with E-state index in [-0.39, 0.29) is 11.6 Å². The number of rotatable bonds is 4. The molecule has 0 bridgehead atoms. The van der Waals surface area contributed by atoms with Gasteiger partial charge in [-0.25, -0.2) is 4.98 Å². The monoisotopic (exact) mass is 304 g/mol. The molecule has 7 heteroatoms. The van der Waals surface area contributed by atoms with Gasteiger partial charge in [-0.1, -0.05) is 0 Å². The highest BCUT2D eigenvalue weighted by Gasteiger charge is 2.20. The van der Waals surface area contributed by atoms with E-state index in [1.165, 1.54) is 11.3 Å². The Morgan fingerprint density at radius 3 is 2.95 bits per heavy atom. The molecule has 0 aliphatic heterocycles. The Balaban J connectivity index is 2.18. The van der Waals surface area contributed by atoms with Crippen LogP contribution in [0, 0.1) is 6.92 Å². The first kappa shape index (κ1) is 14.0. The summed E-state index contributed by atoms with van der Waals surface area (Å²) in [5.41, 5.74) is 2.68. The van der Waals surface area contributed by atoms with Crippen LogP contribution in [0.3, 0.4) is 0 Å². The maximum absolute atomic E-state index is 12.7. The molecule has 0 radical (unpaired) electrons. The molecule has 3 rings (SSSR count). The van der Waals surface area contributed by atoms with E-state index in [0.717, 1.165) is 16.8 Å². The van der Waals surface area contributed by atoms with E-state index in [1.54, 1.807) is 28.9 Å². The third-order valence-corrected chi connectivity index (χ3v) is 4.62. The minimum absolute atomic E-state index is 0.0404. The van der Waals surface area contributed by atoms with Crippen LogP contribution in [0.4, 0.5) is 0 Å². The topological polar surface area (TPSA) is 61.9 Å². The molecule has 1 atom stereocenters. The third-order valence-electron chi connectivity index (χ3n) is 3.54. The fraction of sp³-hybridized carbons (Fsp3) is 0.357. The van der Waals surface area contributed by atoms with Crippen LogP contribution < -0.4 is 5.56 Å². The first-order chi connectivity index (χ1) is 10.1. The van der Waals surface area contributed by atoms with Gasteiger partial charge in [0.2, 0.25) is 0 Å². The second kappa shape index (κ2) is 5.42. The van der Waals surface area contributed by atoms with Crippen LogP contribution in [0.15, 0.2) is 28.8 Å². The summed E-state index contributed by atoms with van der Waals surface area (Å²) in [6.45, 7) is 2.35. The predicted molar refractivity (Wildman–Crippen MR) is 81.8 cm³/mol. The van der Waals surface area contributed by atoms with E-state index in [4.69, 9.17) is 4.74 Å². The average molecular weight is 304 g/mol. The van der Waals surface area contributed by atoms with Gasteiger partial charge in [0.05, 0.1) is 24.1 Å². The zero-order valence-corrected chi connectivity index (χ0v) is 12.9. The Hall–Kier alpha value is -1.99. The molecule has 0 N–H and O–H groups in total. The van der Waals surface area contributed by atoms with Gasteiger partial charge in [-0.15, -0.1) is 11.3 Å². The number of aryl methyl sites for hydroxylation is 2. The lowest BCUT2D eigenvalue weighted by Gasteiger charge is -2.19. The Kier molecular flexibility index (Phi) is 3.60. The fourth-order valence-electron chi connectivity index (χ4n) is 2.44. The highest BCUT2D eigenvalue weighted by atomic mass is 32.1. The highest BCUT2D eigenvalue weighted by molar-refractivity contribution is 7.17. The summed E-state index contributed by atoms with van der Waals surface area (Å²) in [5, 5.41) is 6.13. The number of ether oxygens (including phenoxy) is 1. The Bertz CT molecular complexity index is 833. The number of hydrogen-bond donors (Lipinski definition) is 0. The van der Waals surface area contributed by atoms with Crippen LogP contribution in [0.1, 0.15) is 17.3 Å². The molecule has 0 spiro atoms. The maximum Gasteiger partial charge on any atom is 0.272 e. The zero-order valence-electron chi connectivity index (χ0n) is 12.1. The van der Waals surface area contributed by atoms with Gasteiger partial charge in [0.15, 0.2) is 0 Å². The molecule has 0 amide bonds. The van der Waals surface area contributed by atoms with Crippen LogP contribution in [-0.2, 0) is 11.8 Å². The van der Waals surface area contributed by atoms with Crippen LogP contribution in [0.5, 0.6) is 0 Å². The molecule has 0 saturated carbocycles. The van der Waals surface area contributed by atoms with Crippen molar-refractivity contribution in [2.45, 2.75) is 13.0 Å². The molecular formula is C14H16N4O2S. The van der Waals surface area contributed by atoms with Gasteiger partial charge in [0, 0.05) is 20.4 Å². The summed E-state index contributed by atoms with van der Waals surface area (Å²) in [4.78, 5) is 17.1. The van der Waals surface area contributed by atoms with Crippen molar-refractivity contribution in [3.8, 4) is 0 Å². The van der Waals surface area contributed by atoms with Crippen LogP contribution in [0.2, 0.25) is 0 Å². The average Bonchev–Trinajstić information content (AvgIpc) is 3.05. The number of hydrogen-bond acceptors (Lipinski definition) is 5. The quantitative estimate of drug-likeness (QED) is 0.736. The summed E-state index contributed by atoms with van der Waals surface area (Å²) in [6, 6.07) is 1.65. The molecule has 0 saturated heterocycles. The van der Waals surface area contributed by atoms with Gasteiger partial charge in [-0.3, -0.25) is 14.0 Å². The van der Waals surface area contributed by atoms with Gasteiger partial charge in [0.25, 0.3) is 5.56 Å². The number of nitrogens with zero attached hydrogens (tertiary/aromatic N) is 4. The summed E-state index contributed by atoms with van der Waals surface area (Å²) >= 11 is 1.43. The van der Waals surface area contributed by atoms with Crippen molar-refractivity contribution in [2.75, 3.05) is 13.7 Å². The van der Waals surface area contributed by atoms with Crippen LogP contribution >= 0.6 is 11.3 Å². The van der Waals surface area contributed by atoms with E-state index >= 15 is 0 Å². The molecule has 21 heavy (non-hydrogen) atoms. The van der Waals surface area contributed by atoms with Crippen LogP contribution in [-0.4, -0.2) is 33.0 Å². The second-order valence-electron chi connectivity index (χ2n) is 4.90. The number of methoxy groups -OCH3 is 1. The normalized spacial score (nSPS) is 12.9. The van der Waals surface area contributed by atoms with Gasteiger partial charge < -0.3 is 4.74 Å². The van der Waals surface area contributed by atoms with Crippen molar-refractivity contribution in [3.05, 3.63) is 45.6 Å². The number of aromatic nitrogens is 4. The number of fused-ring (bicyclic) bond motifs is 1. The number of thiophene rings is 1. The first-order valence-corrected chi connectivity index (χ1v) is 7.43. The van der Waals surface area contributed by atoms with Crippen molar-refractivity contribution in [3.63, 3.8) is 0 Å². The summed E-state index contributed by atoms with van der Waals surface area (Å²) in [7, 11) is 3.47. The third kappa shape index (κ3) is 2.28. The minimum Gasteiger partial charge on any atom is -0.382 e. The van der Waals surface area contributed by atoms with E-state index in [2.05, 4.69) is 10.1 Å². The molecule has 3 aromatic heterocycles. The van der Waals surface area contributed by atoms with E-state index < -0.39 is 0 Å². The molecule has 3 heterocycles. The lowest BCUT2D eigenvalue weighted by atomic mass is 10.2. The Morgan fingerprint density at radius 1 is 1.48 bits per heavy atom. The molecule has 6 nitrogen and oxygen atoms in total. The van der Waals surface area contributed by atoms with Crippen molar-refractivity contribution < 1.29 is 4.74 Å². The fourth-order valence-corrected chi connectivity index (χ4v) is 3.38. The molecule has 3 aromatic rings. The highest BCUT2D eigenvalue weighted by Crippen LogP contribution is 2.22. The van der Waals surface area contributed by atoms with Crippen molar-refractivity contribution in [2.24, 2.45) is 7.05 Å². The summed E-state index contributed by atoms with van der Waals surface area (Å²) in [5.74, 6) is 0.